The Morgan fingerprint density at radius 3 is 2.00 bits per heavy atom. The molecule has 0 spiro atoms. The second kappa shape index (κ2) is 6.89. The molecule has 2 rings (SSSR count). The van der Waals surface area contributed by atoms with Crippen LogP contribution in [0.3, 0.4) is 0 Å². The largest absolute Gasteiger partial charge is 0.481 e. The van der Waals surface area contributed by atoms with Crippen molar-refractivity contribution in [3.63, 3.8) is 0 Å². The average molecular weight is 297 g/mol. The summed E-state index contributed by atoms with van der Waals surface area (Å²) in [5.41, 5.74) is 1.23. The van der Waals surface area contributed by atoms with E-state index in [1.807, 2.05) is 18.2 Å². The van der Waals surface area contributed by atoms with E-state index in [0.717, 1.165) is 0 Å². The highest BCUT2D eigenvalue weighted by Gasteiger charge is 2.16. The molecule has 1 amide bonds. The Bertz CT molecular complexity index is 648. The quantitative estimate of drug-likeness (QED) is 0.797. The second-order valence-electron chi connectivity index (χ2n) is 5.21. The van der Waals surface area contributed by atoms with E-state index >= 15 is 0 Å². The lowest BCUT2D eigenvalue weighted by Crippen LogP contribution is -2.35. The second-order valence-corrected chi connectivity index (χ2v) is 5.21. The summed E-state index contributed by atoms with van der Waals surface area (Å²) >= 11 is 0. The number of hydrogen-bond acceptors (Lipinski definition) is 3. The summed E-state index contributed by atoms with van der Waals surface area (Å²) in [6.07, 6.45) is -0.564. The third kappa shape index (κ3) is 3.73. The standard InChI is InChI=1S/C18H19NO3/c1-13(18(21)19(2)3)22-16-11-9-15(10-12-16)17(20)14-7-5-4-6-8-14/h4-13H,1-3H3/t13-/m1/s1. The highest BCUT2D eigenvalue weighted by atomic mass is 16.5. The molecule has 0 aromatic heterocycles. The summed E-state index contributed by atoms with van der Waals surface area (Å²) in [7, 11) is 3.37. The first-order valence-corrected chi connectivity index (χ1v) is 7.06. The van der Waals surface area contributed by atoms with Crippen LogP contribution >= 0.6 is 0 Å². The molecule has 4 heteroatoms. The van der Waals surface area contributed by atoms with Gasteiger partial charge in [0.15, 0.2) is 11.9 Å². The van der Waals surface area contributed by atoms with Crippen molar-refractivity contribution in [1.82, 2.24) is 4.90 Å². The lowest BCUT2D eigenvalue weighted by molar-refractivity contribution is -0.135. The summed E-state index contributed by atoms with van der Waals surface area (Å²) in [5, 5.41) is 0. The van der Waals surface area contributed by atoms with Crippen LogP contribution in [0.4, 0.5) is 0 Å². The van der Waals surface area contributed by atoms with Crippen LogP contribution in [0.2, 0.25) is 0 Å². The first-order chi connectivity index (χ1) is 10.5. The van der Waals surface area contributed by atoms with E-state index in [1.165, 1.54) is 4.90 Å². The van der Waals surface area contributed by atoms with Gasteiger partial charge in [-0.05, 0) is 31.2 Å². The lowest BCUT2D eigenvalue weighted by atomic mass is 10.0. The Hall–Kier alpha value is -2.62. The molecule has 0 radical (unpaired) electrons. The van der Waals surface area contributed by atoms with E-state index in [0.29, 0.717) is 16.9 Å². The fourth-order valence-corrected chi connectivity index (χ4v) is 2.06. The fraction of sp³-hybridized carbons (Fsp3) is 0.222. The first-order valence-electron chi connectivity index (χ1n) is 7.06. The summed E-state index contributed by atoms with van der Waals surface area (Å²) in [5.74, 6) is 0.418. The molecule has 2 aromatic rings. The molecule has 0 unspecified atom stereocenters. The predicted molar refractivity (Wildman–Crippen MR) is 85.1 cm³/mol. The number of rotatable bonds is 5. The SMILES string of the molecule is C[C@@H](Oc1ccc(C(=O)c2ccccc2)cc1)C(=O)N(C)C. The van der Waals surface area contributed by atoms with E-state index in [9.17, 15) is 9.59 Å². The number of amides is 1. The van der Waals surface area contributed by atoms with Crippen molar-refractivity contribution in [2.24, 2.45) is 0 Å². The van der Waals surface area contributed by atoms with Crippen molar-refractivity contribution < 1.29 is 14.3 Å². The average Bonchev–Trinajstić information content (AvgIpc) is 2.54. The van der Waals surface area contributed by atoms with Gasteiger partial charge in [0.2, 0.25) is 0 Å². The van der Waals surface area contributed by atoms with Gasteiger partial charge in [0.25, 0.3) is 5.91 Å². The Labute approximate surface area is 130 Å². The maximum absolute atomic E-state index is 12.3. The third-order valence-electron chi connectivity index (χ3n) is 3.25. The molecule has 0 bridgehead atoms. The van der Waals surface area contributed by atoms with Gasteiger partial charge < -0.3 is 9.64 Å². The number of benzene rings is 2. The molecule has 0 fully saturated rings. The molecule has 4 nitrogen and oxygen atoms in total. The van der Waals surface area contributed by atoms with Crippen molar-refractivity contribution >= 4 is 11.7 Å². The maximum atomic E-state index is 12.3. The summed E-state index contributed by atoms with van der Waals surface area (Å²) in [6.45, 7) is 1.70. The summed E-state index contributed by atoms with van der Waals surface area (Å²) < 4.78 is 5.58. The van der Waals surface area contributed by atoms with E-state index in [-0.39, 0.29) is 11.7 Å². The molecule has 0 N–H and O–H groups in total. The monoisotopic (exact) mass is 297 g/mol. The number of hydrogen-bond donors (Lipinski definition) is 0. The fourth-order valence-electron chi connectivity index (χ4n) is 2.06. The van der Waals surface area contributed by atoms with Crippen LogP contribution in [-0.2, 0) is 4.79 Å². The minimum Gasteiger partial charge on any atom is -0.481 e. The number of nitrogens with zero attached hydrogens (tertiary/aromatic N) is 1. The molecular formula is C18H19NO3. The van der Waals surface area contributed by atoms with Gasteiger partial charge in [-0.25, -0.2) is 0 Å². The zero-order valence-electron chi connectivity index (χ0n) is 12.9. The Kier molecular flexibility index (Phi) is 4.94. The van der Waals surface area contributed by atoms with Crippen LogP contribution in [0.15, 0.2) is 54.6 Å². The van der Waals surface area contributed by atoms with Gasteiger partial charge in [-0.3, -0.25) is 9.59 Å². The van der Waals surface area contributed by atoms with Crippen molar-refractivity contribution in [3.05, 3.63) is 65.7 Å². The highest BCUT2D eigenvalue weighted by Crippen LogP contribution is 2.17. The number of carbonyl (C=O) groups excluding carboxylic acids is 2. The zero-order chi connectivity index (χ0) is 16.1. The molecule has 0 saturated heterocycles. The number of ketones is 1. The Balaban J connectivity index is 2.08. The number of ether oxygens (including phenoxy) is 1. The van der Waals surface area contributed by atoms with Gasteiger partial charge in [-0.15, -0.1) is 0 Å². The molecule has 0 aliphatic carbocycles. The van der Waals surface area contributed by atoms with Crippen LogP contribution in [0.25, 0.3) is 0 Å². The highest BCUT2D eigenvalue weighted by molar-refractivity contribution is 6.08. The predicted octanol–water partition coefficient (Wildman–Crippen LogP) is 2.77. The Morgan fingerprint density at radius 2 is 1.45 bits per heavy atom. The normalized spacial score (nSPS) is 11.6. The van der Waals surface area contributed by atoms with Crippen LogP contribution in [0.1, 0.15) is 22.8 Å². The third-order valence-corrected chi connectivity index (χ3v) is 3.25. The van der Waals surface area contributed by atoms with Crippen molar-refractivity contribution in [2.45, 2.75) is 13.0 Å². The topological polar surface area (TPSA) is 46.6 Å². The van der Waals surface area contributed by atoms with Gasteiger partial charge in [0.1, 0.15) is 5.75 Å². The van der Waals surface area contributed by atoms with Crippen molar-refractivity contribution in [2.75, 3.05) is 14.1 Å². The first kappa shape index (κ1) is 15.8. The minimum absolute atomic E-state index is 0.0374. The van der Waals surface area contributed by atoms with Gasteiger partial charge in [0.05, 0.1) is 0 Å². The van der Waals surface area contributed by atoms with Crippen LogP contribution in [0.5, 0.6) is 5.75 Å². The van der Waals surface area contributed by atoms with Crippen molar-refractivity contribution in [1.29, 1.82) is 0 Å². The van der Waals surface area contributed by atoms with Crippen LogP contribution in [0, 0.1) is 0 Å². The maximum Gasteiger partial charge on any atom is 0.262 e. The number of carbonyl (C=O) groups is 2. The minimum atomic E-state index is -0.564. The Morgan fingerprint density at radius 1 is 0.909 bits per heavy atom. The molecule has 0 heterocycles. The molecule has 2 aromatic carbocycles. The molecular weight excluding hydrogens is 278 g/mol. The zero-order valence-corrected chi connectivity index (χ0v) is 12.9. The smallest absolute Gasteiger partial charge is 0.262 e. The van der Waals surface area contributed by atoms with Gasteiger partial charge >= 0.3 is 0 Å². The lowest BCUT2D eigenvalue weighted by Gasteiger charge is -2.18. The van der Waals surface area contributed by atoms with Crippen LogP contribution in [-0.4, -0.2) is 36.8 Å². The molecule has 1 atom stereocenters. The van der Waals surface area contributed by atoms with Crippen molar-refractivity contribution in [3.8, 4) is 5.75 Å². The van der Waals surface area contributed by atoms with E-state index < -0.39 is 6.10 Å². The molecule has 0 aliphatic heterocycles. The molecule has 0 aliphatic rings. The van der Waals surface area contributed by atoms with E-state index in [4.69, 9.17) is 4.74 Å². The van der Waals surface area contributed by atoms with Gasteiger partial charge in [0, 0.05) is 25.2 Å². The molecule has 114 valence electrons. The van der Waals surface area contributed by atoms with Gasteiger partial charge in [-0.1, -0.05) is 30.3 Å². The molecule has 0 saturated carbocycles. The van der Waals surface area contributed by atoms with Crippen LogP contribution < -0.4 is 4.74 Å². The van der Waals surface area contributed by atoms with Gasteiger partial charge in [-0.2, -0.15) is 0 Å². The van der Waals surface area contributed by atoms with E-state index in [1.54, 1.807) is 57.4 Å². The molecule has 22 heavy (non-hydrogen) atoms. The number of likely N-dealkylation sites (N-methyl/N-ethyl adjacent to an activating group) is 1. The van der Waals surface area contributed by atoms with E-state index in [2.05, 4.69) is 0 Å². The summed E-state index contributed by atoms with van der Waals surface area (Å²) in [4.78, 5) is 25.5. The summed E-state index contributed by atoms with van der Waals surface area (Å²) in [6, 6.07) is 15.9.